The predicted molar refractivity (Wildman–Crippen MR) is 132 cm³/mol. The molecule has 0 heterocycles. The SMILES string of the molecule is CN(CCSCc1ccccc1)CC(N)N(CC=O)C(=O)CN(C)NCc1ccc(F)cc1. The van der Waals surface area contributed by atoms with Crippen LogP contribution < -0.4 is 11.2 Å². The lowest BCUT2D eigenvalue weighted by Gasteiger charge is -2.32. The second-order valence-electron chi connectivity index (χ2n) is 7.90. The highest BCUT2D eigenvalue weighted by molar-refractivity contribution is 7.98. The van der Waals surface area contributed by atoms with Crippen molar-refractivity contribution in [3.8, 4) is 0 Å². The third-order valence-corrected chi connectivity index (χ3v) is 6.07. The highest BCUT2D eigenvalue weighted by Gasteiger charge is 2.22. The molecule has 0 aliphatic carbocycles. The van der Waals surface area contributed by atoms with Gasteiger partial charge in [0.05, 0.1) is 19.3 Å². The molecule has 0 radical (unpaired) electrons. The van der Waals surface area contributed by atoms with Crippen molar-refractivity contribution in [2.24, 2.45) is 5.73 Å². The van der Waals surface area contributed by atoms with Crippen LogP contribution in [0.2, 0.25) is 0 Å². The summed E-state index contributed by atoms with van der Waals surface area (Å²) < 4.78 is 13.0. The van der Waals surface area contributed by atoms with Crippen molar-refractivity contribution in [1.82, 2.24) is 20.2 Å². The van der Waals surface area contributed by atoms with Crippen LogP contribution in [-0.4, -0.2) is 79.2 Å². The molecule has 2 aromatic carbocycles. The van der Waals surface area contributed by atoms with Crippen molar-refractivity contribution >= 4 is 24.0 Å². The van der Waals surface area contributed by atoms with E-state index in [4.69, 9.17) is 5.73 Å². The van der Waals surface area contributed by atoms with E-state index < -0.39 is 6.17 Å². The van der Waals surface area contributed by atoms with Crippen LogP contribution in [0, 0.1) is 5.82 Å². The predicted octanol–water partition coefficient (Wildman–Crippen LogP) is 1.94. The molecule has 0 aliphatic rings. The lowest BCUT2D eigenvalue weighted by molar-refractivity contribution is -0.137. The molecule has 9 heteroatoms. The summed E-state index contributed by atoms with van der Waals surface area (Å²) >= 11 is 1.84. The molecule has 0 fully saturated rings. The Morgan fingerprint density at radius 3 is 2.48 bits per heavy atom. The minimum atomic E-state index is -0.586. The Hall–Kier alpha value is -2.30. The average Bonchev–Trinajstić information content (AvgIpc) is 2.80. The topological polar surface area (TPSA) is 81.9 Å². The molecule has 33 heavy (non-hydrogen) atoms. The first-order chi connectivity index (χ1) is 15.9. The molecule has 1 amide bonds. The quantitative estimate of drug-likeness (QED) is 0.176. The third-order valence-electron chi connectivity index (χ3n) is 5.06. The van der Waals surface area contributed by atoms with Gasteiger partial charge in [0.2, 0.25) is 5.91 Å². The number of hydrogen-bond donors (Lipinski definition) is 2. The Morgan fingerprint density at radius 1 is 1.12 bits per heavy atom. The summed E-state index contributed by atoms with van der Waals surface area (Å²) in [5.41, 5.74) is 11.6. The van der Waals surface area contributed by atoms with Crippen LogP contribution in [0.3, 0.4) is 0 Å². The number of benzene rings is 2. The van der Waals surface area contributed by atoms with Gasteiger partial charge in [-0.3, -0.25) is 10.2 Å². The Morgan fingerprint density at radius 2 is 1.82 bits per heavy atom. The van der Waals surface area contributed by atoms with E-state index >= 15 is 0 Å². The van der Waals surface area contributed by atoms with Crippen LogP contribution >= 0.6 is 11.8 Å². The van der Waals surface area contributed by atoms with E-state index in [9.17, 15) is 14.0 Å². The van der Waals surface area contributed by atoms with Gasteiger partial charge in [-0.25, -0.2) is 9.40 Å². The molecule has 3 N–H and O–H groups in total. The maximum atomic E-state index is 13.0. The standard InChI is InChI=1S/C24H34FN5O2S/c1-28(13-15-33-19-21-6-4-3-5-7-21)17-23(26)30(12-14-31)24(32)18-29(2)27-16-20-8-10-22(25)11-9-20/h3-11,14,23,27H,12-13,15-19,26H2,1-2H3. The van der Waals surface area contributed by atoms with Gasteiger partial charge in [-0.1, -0.05) is 42.5 Å². The van der Waals surface area contributed by atoms with Gasteiger partial charge in [0, 0.05) is 38.2 Å². The summed E-state index contributed by atoms with van der Waals surface area (Å²) in [6.07, 6.45) is 0.108. The van der Waals surface area contributed by atoms with Gasteiger partial charge in [0.25, 0.3) is 0 Å². The van der Waals surface area contributed by atoms with Crippen LogP contribution in [0.4, 0.5) is 4.39 Å². The zero-order valence-corrected chi connectivity index (χ0v) is 20.1. The Labute approximate surface area is 200 Å². The molecule has 0 spiro atoms. The number of likely N-dealkylation sites (N-methyl/N-ethyl adjacent to an activating group) is 2. The van der Waals surface area contributed by atoms with E-state index in [0.29, 0.717) is 19.4 Å². The van der Waals surface area contributed by atoms with Crippen molar-refractivity contribution in [1.29, 1.82) is 0 Å². The van der Waals surface area contributed by atoms with Gasteiger partial charge < -0.3 is 20.3 Å². The molecule has 1 unspecified atom stereocenters. The molecule has 0 saturated heterocycles. The number of thioether (sulfide) groups is 1. The summed E-state index contributed by atoms with van der Waals surface area (Å²) in [4.78, 5) is 27.4. The molecule has 0 aromatic heterocycles. The van der Waals surface area contributed by atoms with E-state index in [0.717, 1.165) is 23.6 Å². The number of amides is 1. The highest BCUT2D eigenvalue weighted by atomic mass is 32.2. The molecule has 2 aromatic rings. The number of halogens is 1. The first-order valence-corrected chi connectivity index (χ1v) is 12.0. The summed E-state index contributed by atoms with van der Waals surface area (Å²) in [6, 6.07) is 16.5. The maximum absolute atomic E-state index is 13.0. The van der Waals surface area contributed by atoms with Crippen LogP contribution in [0.5, 0.6) is 0 Å². The number of hydrogen-bond acceptors (Lipinski definition) is 7. The van der Waals surface area contributed by atoms with Crippen molar-refractivity contribution < 1.29 is 14.0 Å². The van der Waals surface area contributed by atoms with Crippen molar-refractivity contribution in [2.45, 2.75) is 18.5 Å². The van der Waals surface area contributed by atoms with Crippen LogP contribution in [0.25, 0.3) is 0 Å². The van der Waals surface area contributed by atoms with E-state index in [1.54, 1.807) is 24.2 Å². The Kier molecular flexibility index (Phi) is 12.1. The first kappa shape index (κ1) is 26.9. The molecule has 7 nitrogen and oxygen atoms in total. The molecule has 1 atom stereocenters. The molecular weight excluding hydrogens is 441 g/mol. The number of hydrazine groups is 1. The third kappa shape index (κ3) is 10.4. The zero-order valence-electron chi connectivity index (χ0n) is 19.3. The summed E-state index contributed by atoms with van der Waals surface area (Å²) in [7, 11) is 3.70. The number of rotatable bonds is 15. The lowest BCUT2D eigenvalue weighted by Crippen LogP contribution is -2.55. The van der Waals surface area contributed by atoms with E-state index in [-0.39, 0.29) is 24.8 Å². The number of nitrogens with two attached hydrogens (primary N) is 1. The summed E-state index contributed by atoms with van der Waals surface area (Å²) in [5, 5.41) is 1.64. The normalized spacial score (nSPS) is 12.2. The van der Waals surface area contributed by atoms with Gasteiger partial charge in [0.1, 0.15) is 12.1 Å². The number of aldehydes is 1. The Bertz CT molecular complexity index is 841. The van der Waals surface area contributed by atoms with Crippen molar-refractivity contribution in [2.75, 3.05) is 46.0 Å². The van der Waals surface area contributed by atoms with Crippen molar-refractivity contribution in [3.05, 3.63) is 71.5 Å². The van der Waals surface area contributed by atoms with Gasteiger partial charge in [0.15, 0.2) is 0 Å². The first-order valence-electron chi connectivity index (χ1n) is 10.9. The van der Waals surface area contributed by atoms with Crippen LogP contribution in [-0.2, 0) is 21.9 Å². The molecule has 2 rings (SSSR count). The number of carbonyl (C=O) groups excluding carboxylic acids is 2. The zero-order chi connectivity index (χ0) is 24.1. The smallest absolute Gasteiger partial charge is 0.239 e. The number of carbonyl (C=O) groups is 2. The summed E-state index contributed by atoms with van der Waals surface area (Å²) in [6.45, 7) is 1.75. The highest BCUT2D eigenvalue weighted by Crippen LogP contribution is 2.11. The van der Waals surface area contributed by atoms with E-state index in [1.807, 2.05) is 37.0 Å². The van der Waals surface area contributed by atoms with Gasteiger partial charge >= 0.3 is 0 Å². The van der Waals surface area contributed by atoms with Crippen molar-refractivity contribution in [3.63, 3.8) is 0 Å². The number of nitrogens with one attached hydrogen (secondary N) is 1. The second kappa shape index (κ2) is 14.8. The Balaban J connectivity index is 1.74. The molecule has 0 saturated carbocycles. The van der Waals surface area contributed by atoms with Crippen LogP contribution in [0.1, 0.15) is 11.1 Å². The minimum Gasteiger partial charge on any atom is -0.318 e. The monoisotopic (exact) mass is 475 g/mol. The van der Waals surface area contributed by atoms with Gasteiger partial charge in [-0.2, -0.15) is 11.8 Å². The average molecular weight is 476 g/mol. The molecule has 0 bridgehead atoms. The van der Waals surface area contributed by atoms with E-state index in [2.05, 4.69) is 22.5 Å². The largest absolute Gasteiger partial charge is 0.318 e. The fraction of sp³-hybridized carbons (Fsp3) is 0.417. The second-order valence-corrected chi connectivity index (χ2v) is 9.00. The molecular formula is C24H34FN5O2S. The maximum Gasteiger partial charge on any atom is 0.239 e. The molecule has 0 aliphatic heterocycles. The summed E-state index contributed by atoms with van der Waals surface area (Å²) in [5.74, 6) is 1.36. The van der Waals surface area contributed by atoms with Gasteiger partial charge in [-0.05, 0) is 30.3 Å². The fourth-order valence-electron chi connectivity index (χ4n) is 3.17. The molecule has 180 valence electrons. The lowest BCUT2D eigenvalue weighted by atomic mass is 10.2. The number of nitrogens with zero attached hydrogens (tertiary/aromatic N) is 3. The minimum absolute atomic E-state index is 0.0532. The van der Waals surface area contributed by atoms with Gasteiger partial charge in [-0.15, -0.1) is 0 Å². The van der Waals surface area contributed by atoms with E-state index in [1.165, 1.54) is 22.6 Å². The van der Waals surface area contributed by atoms with Crippen LogP contribution in [0.15, 0.2) is 54.6 Å². The fourth-order valence-corrected chi connectivity index (χ4v) is 4.19.